The maximum Gasteiger partial charge on any atom is 0.294 e. The lowest BCUT2D eigenvalue weighted by molar-refractivity contribution is 0.0959. The Hall–Kier alpha value is -2.56. The monoisotopic (exact) mass is 270 g/mol. The lowest BCUT2D eigenvalue weighted by Crippen LogP contribution is -2.37. The van der Waals surface area contributed by atoms with Gasteiger partial charge in [0.25, 0.3) is 5.91 Å². The highest BCUT2D eigenvalue weighted by atomic mass is 16.4. The Morgan fingerprint density at radius 3 is 2.85 bits per heavy atom. The summed E-state index contributed by atoms with van der Waals surface area (Å²) in [5.41, 5.74) is 2.93. The van der Waals surface area contributed by atoms with E-state index in [4.69, 9.17) is 9.62 Å². The number of furan rings is 1. The van der Waals surface area contributed by atoms with Crippen molar-refractivity contribution in [1.82, 2.24) is 0 Å². The molecule has 20 heavy (non-hydrogen) atoms. The van der Waals surface area contributed by atoms with Crippen LogP contribution in [0.15, 0.2) is 46.2 Å². The van der Waals surface area contributed by atoms with Crippen LogP contribution in [-0.4, -0.2) is 23.4 Å². The Morgan fingerprint density at radius 1 is 1.35 bits per heavy atom. The van der Waals surface area contributed by atoms with E-state index in [1.165, 1.54) is 6.26 Å². The van der Waals surface area contributed by atoms with Gasteiger partial charge in [-0.15, -0.1) is 0 Å². The van der Waals surface area contributed by atoms with Crippen LogP contribution in [0.5, 0.6) is 0 Å². The van der Waals surface area contributed by atoms with Gasteiger partial charge in [-0.25, -0.2) is 0 Å². The highest BCUT2D eigenvalue weighted by Gasteiger charge is 2.29. The summed E-state index contributed by atoms with van der Waals surface area (Å²) in [4.78, 5) is 14.2. The lowest BCUT2D eigenvalue weighted by Gasteiger charge is -2.29. The number of rotatable bonds is 1. The first-order valence-corrected chi connectivity index (χ1v) is 6.38. The summed E-state index contributed by atoms with van der Waals surface area (Å²) in [6.45, 7) is 2.31. The number of carbonyl (C=O) groups excluding carboxylic acids is 1. The van der Waals surface area contributed by atoms with Crippen LogP contribution in [0.3, 0.4) is 0 Å². The number of carbonyl (C=O) groups is 1. The number of fused-ring (bicyclic) bond motifs is 1. The molecular weight excluding hydrogens is 256 g/mol. The molecule has 3 rings (SSSR count). The molecule has 1 aliphatic heterocycles. The zero-order valence-corrected chi connectivity index (χ0v) is 11.0. The van der Waals surface area contributed by atoms with Crippen molar-refractivity contribution in [3.8, 4) is 0 Å². The molecule has 0 radical (unpaired) electrons. The molecule has 5 heteroatoms. The van der Waals surface area contributed by atoms with Crippen molar-refractivity contribution < 1.29 is 14.4 Å². The smallest absolute Gasteiger partial charge is 0.294 e. The zero-order chi connectivity index (χ0) is 14.1. The molecule has 0 atom stereocenters. The van der Waals surface area contributed by atoms with Crippen LogP contribution >= 0.6 is 0 Å². The summed E-state index contributed by atoms with van der Waals surface area (Å²) < 4.78 is 5.28. The molecule has 1 aromatic heterocycles. The standard InChI is InChI=1S/C15H14N2O3/c1-10-7-9-20-14(10)15(18)17-8-6-12(16-19)11-4-2-3-5-13(11)17/h2-5,7,9,19H,6,8H2,1H3. The van der Waals surface area contributed by atoms with E-state index >= 15 is 0 Å². The van der Waals surface area contributed by atoms with Crippen molar-refractivity contribution in [2.45, 2.75) is 13.3 Å². The molecular formula is C15H14N2O3. The molecule has 5 nitrogen and oxygen atoms in total. The van der Waals surface area contributed by atoms with Gasteiger partial charge in [0, 0.05) is 24.1 Å². The minimum atomic E-state index is -0.170. The van der Waals surface area contributed by atoms with Gasteiger partial charge in [-0.3, -0.25) is 4.79 Å². The fourth-order valence-corrected chi connectivity index (χ4v) is 2.46. The molecule has 0 unspecified atom stereocenters. The molecule has 0 bridgehead atoms. The van der Waals surface area contributed by atoms with Gasteiger partial charge in [0.1, 0.15) is 0 Å². The molecule has 2 heterocycles. The number of benzene rings is 1. The Morgan fingerprint density at radius 2 is 2.15 bits per heavy atom. The second-order valence-corrected chi connectivity index (χ2v) is 4.70. The summed E-state index contributed by atoms with van der Waals surface area (Å²) >= 11 is 0. The zero-order valence-electron chi connectivity index (χ0n) is 11.0. The average Bonchev–Trinajstić information content (AvgIpc) is 2.91. The first-order valence-electron chi connectivity index (χ1n) is 6.38. The number of anilines is 1. The van der Waals surface area contributed by atoms with Crippen molar-refractivity contribution in [3.63, 3.8) is 0 Å². The van der Waals surface area contributed by atoms with E-state index in [-0.39, 0.29) is 5.91 Å². The molecule has 0 aliphatic carbocycles. The number of hydrogen-bond donors (Lipinski definition) is 1. The van der Waals surface area contributed by atoms with Crippen LogP contribution in [0.1, 0.15) is 28.1 Å². The second-order valence-electron chi connectivity index (χ2n) is 4.70. The van der Waals surface area contributed by atoms with Gasteiger partial charge >= 0.3 is 0 Å². The molecule has 0 spiro atoms. The topological polar surface area (TPSA) is 66.0 Å². The molecule has 2 aromatic rings. The SMILES string of the molecule is Cc1ccoc1C(=O)N1CCC(=NO)c2ccccc21. The van der Waals surface area contributed by atoms with Crippen molar-refractivity contribution in [1.29, 1.82) is 0 Å². The summed E-state index contributed by atoms with van der Waals surface area (Å²) in [5, 5.41) is 12.4. The number of oxime groups is 1. The van der Waals surface area contributed by atoms with E-state index in [9.17, 15) is 4.79 Å². The third-order valence-corrected chi connectivity index (χ3v) is 3.50. The number of amides is 1. The maximum absolute atomic E-state index is 12.6. The molecule has 1 N–H and O–H groups in total. The van der Waals surface area contributed by atoms with Gasteiger partial charge in [-0.1, -0.05) is 23.4 Å². The summed E-state index contributed by atoms with van der Waals surface area (Å²) in [7, 11) is 0. The van der Waals surface area contributed by atoms with E-state index in [2.05, 4.69) is 5.16 Å². The number of nitrogens with zero attached hydrogens (tertiary/aromatic N) is 2. The molecule has 0 saturated heterocycles. The van der Waals surface area contributed by atoms with Crippen molar-refractivity contribution >= 4 is 17.3 Å². The number of para-hydroxylation sites is 1. The predicted molar refractivity (Wildman–Crippen MR) is 74.5 cm³/mol. The number of aryl methyl sites for hydroxylation is 1. The summed E-state index contributed by atoms with van der Waals surface area (Å²) in [5.74, 6) is 0.182. The summed E-state index contributed by atoms with van der Waals surface area (Å²) in [6.07, 6.45) is 2.03. The quantitative estimate of drug-likeness (QED) is 0.640. The van der Waals surface area contributed by atoms with Crippen molar-refractivity contribution in [3.05, 3.63) is 53.5 Å². The van der Waals surface area contributed by atoms with Gasteiger partial charge in [-0.05, 0) is 19.1 Å². The third kappa shape index (κ3) is 1.87. The highest BCUT2D eigenvalue weighted by Crippen LogP contribution is 2.29. The van der Waals surface area contributed by atoms with E-state index in [1.807, 2.05) is 31.2 Å². The van der Waals surface area contributed by atoms with Gasteiger partial charge in [0.15, 0.2) is 5.76 Å². The number of hydrogen-bond acceptors (Lipinski definition) is 4. The predicted octanol–water partition coefficient (Wildman–Crippen LogP) is 2.82. The van der Waals surface area contributed by atoms with Crippen molar-refractivity contribution in [2.24, 2.45) is 5.16 Å². The van der Waals surface area contributed by atoms with Crippen molar-refractivity contribution in [2.75, 3.05) is 11.4 Å². The first kappa shape index (κ1) is 12.5. The fraction of sp³-hybridized carbons (Fsp3) is 0.200. The molecule has 1 aromatic carbocycles. The van der Waals surface area contributed by atoms with E-state index in [0.29, 0.717) is 24.4 Å². The fourth-order valence-electron chi connectivity index (χ4n) is 2.46. The van der Waals surface area contributed by atoms with E-state index < -0.39 is 0 Å². The van der Waals surface area contributed by atoms with Gasteiger partial charge < -0.3 is 14.5 Å². The minimum absolute atomic E-state index is 0.170. The average molecular weight is 270 g/mol. The molecule has 0 fully saturated rings. The van der Waals surface area contributed by atoms with Gasteiger partial charge in [0.05, 0.1) is 17.7 Å². The third-order valence-electron chi connectivity index (χ3n) is 3.50. The molecule has 0 saturated carbocycles. The molecule has 102 valence electrons. The Balaban J connectivity index is 2.04. The van der Waals surface area contributed by atoms with Crippen LogP contribution in [0, 0.1) is 6.92 Å². The lowest BCUT2D eigenvalue weighted by atomic mass is 9.99. The maximum atomic E-state index is 12.6. The van der Waals surface area contributed by atoms with Crippen LogP contribution in [0.4, 0.5) is 5.69 Å². The van der Waals surface area contributed by atoms with E-state index in [0.717, 1.165) is 16.8 Å². The molecule has 1 aliphatic rings. The molecule has 1 amide bonds. The van der Waals surface area contributed by atoms with E-state index in [1.54, 1.807) is 11.0 Å². The Bertz CT molecular complexity index is 688. The normalized spacial score (nSPS) is 16.2. The van der Waals surface area contributed by atoms with Gasteiger partial charge in [-0.2, -0.15) is 0 Å². The van der Waals surface area contributed by atoms with Crippen LogP contribution in [0.2, 0.25) is 0 Å². The first-order chi connectivity index (χ1) is 9.72. The van der Waals surface area contributed by atoms with Crippen LogP contribution < -0.4 is 4.90 Å². The van der Waals surface area contributed by atoms with Gasteiger partial charge in [0.2, 0.25) is 0 Å². The Kier molecular flexibility index (Phi) is 3.02. The Labute approximate surface area is 116 Å². The minimum Gasteiger partial charge on any atom is -0.459 e. The highest BCUT2D eigenvalue weighted by molar-refractivity contribution is 6.14. The largest absolute Gasteiger partial charge is 0.459 e. The van der Waals surface area contributed by atoms with Crippen LogP contribution in [-0.2, 0) is 0 Å². The second kappa shape index (κ2) is 4.85. The van der Waals surface area contributed by atoms with Crippen LogP contribution in [0.25, 0.3) is 0 Å². The summed E-state index contributed by atoms with van der Waals surface area (Å²) in [6, 6.07) is 9.17.